The van der Waals surface area contributed by atoms with E-state index in [4.69, 9.17) is 14.3 Å². The van der Waals surface area contributed by atoms with Gasteiger partial charge < -0.3 is 19.4 Å². The van der Waals surface area contributed by atoms with Crippen LogP contribution in [0.2, 0.25) is 0 Å². The van der Waals surface area contributed by atoms with Gasteiger partial charge in [0.05, 0.1) is 10.9 Å². The number of carboxylic acid groups (broad SMARTS) is 2. The molecule has 0 aliphatic heterocycles. The summed E-state index contributed by atoms with van der Waals surface area (Å²) in [7, 11) is 0. The minimum Gasteiger partial charge on any atom is -0.482 e. The maximum atomic E-state index is 12.8. The summed E-state index contributed by atoms with van der Waals surface area (Å²) in [4.78, 5) is 34.9. The lowest BCUT2D eigenvalue weighted by molar-refractivity contribution is -0.139. The summed E-state index contributed by atoms with van der Waals surface area (Å²) < 4.78 is 10.4. The third-order valence-electron chi connectivity index (χ3n) is 3.48. The van der Waals surface area contributed by atoms with Gasteiger partial charge in [-0.15, -0.1) is 0 Å². The van der Waals surface area contributed by atoms with E-state index < -0.39 is 29.7 Å². The van der Waals surface area contributed by atoms with Gasteiger partial charge in [0.1, 0.15) is 11.3 Å². The number of benzene rings is 2. The number of hydrogen-bond acceptors (Lipinski definition) is 5. The normalized spacial score (nSPS) is 10.6. The highest BCUT2D eigenvalue weighted by atomic mass is 16.5. The van der Waals surface area contributed by atoms with Crippen molar-refractivity contribution < 1.29 is 29.0 Å². The molecule has 3 rings (SSSR count). The van der Waals surface area contributed by atoms with E-state index in [-0.39, 0.29) is 22.3 Å². The van der Waals surface area contributed by atoms with Crippen molar-refractivity contribution in [1.29, 1.82) is 0 Å². The van der Waals surface area contributed by atoms with Crippen LogP contribution < -0.4 is 10.2 Å². The van der Waals surface area contributed by atoms with Crippen LogP contribution in [-0.2, 0) is 4.79 Å². The van der Waals surface area contributed by atoms with Crippen molar-refractivity contribution in [3.63, 3.8) is 0 Å². The van der Waals surface area contributed by atoms with Gasteiger partial charge in [-0.25, -0.2) is 9.59 Å². The Balaban J connectivity index is 2.21. The molecule has 0 saturated carbocycles. The summed E-state index contributed by atoms with van der Waals surface area (Å²) in [6, 6.07) is 12.5. The molecule has 0 amide bonds. The first kappa shape index (κ1) is 16.3. The van der Waals surface area contributed by atoms with Gasteiger partial charge in [-0.2, -0.15) is 0 Å². The van der Waals surface area contributed by atoms with Crippen molar-refractivity contribution in [3.8, 4) is 16.9 Å². The molecule has 0 aliphatic carbocycles. The molecule has 0 bridgehead atoms. The summed E-state index contributed by atoms with van der Waals surface area (Å²) in [5.74, 6) is -2.87. The van der Waals surface area contributed by atoms with Crippen LogP contribution in [0.5, 0.6) is 5.75 Å². The molecule has 7 nitrogen and oxygen atoms in total. The lowest BCUT2D eigenvalue weighted by Crippen LogP contribution is -2.13. The standard InChI is InChI=1S/C18H12O7/c19-14(20)9-24-11-6-7-12-13(8-11)25-17(18(22)23)15(16(12)21)10-4-2-1-3-5-10/h1-8H,9H2,(H,19,20)(H,22,23). The number of fused-ring (bicyclic) bond motifs is 1. The molecule has 2 N–H and O–H groups in total. The molecule has 7 heteroatoms. The third kappa shape index (κ3) is 3.20. The third-order valence-corrected chi connectivity index (χ3v) is 3.48. The van der Waals surface area contributed by atoms with Gasteiger partial charge in [0.25, 0.3) is 0 Å². The monoisotopic (exact) mass is 340 g/mol. The second kappa shape index (κ2) is 6.48. The Hall–Kier alpha value is -3.61. The molecule has 1 heterocycles. The zero-order valence-electron chi connectivity index (χ0n) is 12.8. The smallest absolute Gasteiger partial charge is 0.372 e. The van der Waals surface area contributed by atoms with Crippen LogP contribution in [0.4, 0.5) is 0 Å². The zero-order valence-corrected chi connectivity index (χ0v) is 12.8. The predicted octanol–water partition coefficient (Wildman–Crippen LogP) is 2.62. The zero-order chi connectivity index (χ0) is 18.0. The molecule has 0 radical (unpaired) electrons. The fourth-order valence-electron chi connectivity index (χ4n) is 2.43. The molecular weight excluding hydrogens is 328 g/mol. The highest BCUT2D eigenvalue weighted by Gasteiger charge is 2.21. The van der Waals surface area contributed by atoms with Gasteiger partial charge in [0, 0.05) is 6.07 Å². The van der Waals surface area contributed by atoms with E-state index in [1.807, 2.05) is 0 Å². The minimum atomic E-state index is -1.38. The van der Waals surface area contributed by atoms with Crippen LogP contribution in [0.1, 0.15) is 10.6 Å². The Morgan fingerprint density at radius 2 is 1.76 bits per heavy atom. The average Bonchev–Trinajstić information content (AvgIpc) is 2.60. The van der Waals surface area contributed by atoms with Crippen LogP contribution >= 0.6 is 0 Å². The molecule has 0 fully saturated rings. The fraction of sp³-hybridized carbons (Fsp3) is 0.0556. The number of ether oxygens (including phenoxy) is 1. The van der Waals surface area contributed by atoms with E-state index in [0.717, 1.165) is 0 Å². The lowest BCUT2D eigenvalue weighted by Gasteiger charge is -2.09. The number of rotatable bonds is 5. The lowest BCUT2D eigenvalue weighted by atomic mass is 10.0. The summed E-state index contributed by atoms with van der Waals surface area (Å²) in [5, 5.41) is 18.2. The predicted molar refractivity (Wildman–Crippen MR) is 88.0 cm³/mol. The number of aromatic carboxylic acids is 1. The van der Waals surface area contributed by atoms with Crippen molar-refractivity contribution in [2.75, 3.05) is 6.61 Å². The quantitative estimate of drug-likeness (QED) is 0.733. The maximum Gasteiger partial charge on any atom is 0.372 e. The fourth-order valence-corrected chi connectivity index (χ4v) is 2.43. The maximum absolute atomic E-state index is 12.8. The molecule has 126 valence electrons. The second-order valence-electron chi connectivity index (χ2n) is 5.15. The molecule has 25 heavy (non-hydrogen) atoms. The van der Waals surface area contributed by atoms with Crippen molar-refractivity contribution in [2.24, 2.45) is 0 Å². The summed E-state index contributed by atoms with van der Waals surface area (Å²) >= 11 is 0. The molecule has 3 aromatic rings. The van der Waals surface area contributed by atoms with Gasteiger partial charge >= 0.3 is 11.9 Å². The number of carbonyl (C=O) groups is 2. The first-order chi connectivity index (χ1) is 12.0. The van der Waals surface area contributed by atoms with Crippen LogP contribution in [0.3, 0.4) is 0 Å². The molecule has 2 aromatic carbocycles. The van der Waals surface area contributed by atoms with Crippen LogP contribution in [0.25, 0.3) is 22.1 Å². The largest absolute Gasteiger partial charge is 0.482 e. The number of aliphatic carboxylic acids is 1. The van der Waals surface area contributed by atoms with Crippen LogP contribution in [0, 0.1) is 0 Å². The topological polar surface area (TPSA) is 114 Å². The van der Waals surface area contributed by atoms with E-state index in [1.54, 1.807) is 30.3 Å². The molecule has 0 unspecified atom stereocenters. The van der Waals surface area contributed by atoms with E-state index >= 15 is 0 Å². The van der Waals surface area contributed by atoms with Gasteiger partial charge in [0.15, 0.2) is 6.61 Å². The SMILES string of the molecule is O=C(O)COc1ccc2c(=O)c(-c3ccccc3)c(C(=O)O)oc2c1. The first-order valence-corrected chi connectivity index (χ1v) is 7.21. The van der Waals surface area contributed by atoms with Crippen molar-refractivity contribution in [1.82, 2.24) is 0 Å². The Bertz CT molecular complexity index is 1020. The Kier molecular flexibility index (Phi) is 4.21. The van der Waals surface area contributed by atoms with Gasteiger partial charge in [-0.1, -0.05) is 30.3 Å². The van der Waals surface area contributed by atoms with Crippen LogP contribution in [0.15, 0.2) is 57.7 Å². The van der Waals surface area contributed by atoms with Gasteiger partial charge in [-0.3, -0.25) is 4.79 Å². The summed E-state index contributed by atoms with van der Waals surface area (Å²) in [5.41, 5.74) is -0.0961. The van der Waals surface area contributed by atoms with Crippen molar-refractivity contribution >= 4 is 22.9 Å². The van der Waals surface area contributed by atoms with Crippen molar-refractivity contribution in [3.05, 3.63) is 64.5 Å². The molecule has 0 saturated heterocycles. The van der Waals surface area contributed by atoms with E-state index in [1.165, 1.54) is 18.2 Å². The Labute approximate surface area is 140 Å². The highest BCUT2D eigenvalue weighted by Crippen LogP contribution is 2.26. The number of hydrogen-bond donors (Lipinski definition) is 2. The Morgan fingerprint density at radius 3 is 2.40 bits per heavy atom. The van der Waals surface area contributed by atoms with E-state index in [2.05, 4.69) is 0 Å². The molecule has 0 atom stereocenters. The summed E-state index contributed by atoms with van der Waals surface area (Å²) in [6.07, 6.45) is 0. The minimum absolute atomic E-state index is 0.00460. The Morgan fingerprint density at radius 1 is 1.04 bits per heavy atom. The first-order valence-electron chi connectivity index (χ1n) is 7.21. The molecule has 0 spiro atoms. The molecular formula is C18H12O7. The molecule has 1 aromatic heterocycles. The highest BCUT2D eigenvalue weighted by molar-refractivity contribution is 5.96. The average molecular weight is 340 g/mol. The van der Waals surface area contributed by atoms with Crippen molar-refractivity contribution in [2.45, 2.75) is 0 Å². The van der Waals surface area contributed by atoms with E-state index in [0.29, 0.717) is 5.56 Å². The van der Waals surface area contributed by atoms with E-state index in [9.17, 15) is 19.5 Å². The van der Waals surface area contributed by atoms with Gasteiger partial charge in [-0.05, 0) is 17.7 Å². The summed E-state index contributed by atoms with van der Waals surface area (Å²) in [6.45, 7) is -0.566. The number of carboxylic acids is 2. The molecule has 0 aliphatic rings. The second-order valence-corrected chi connectivity index (χ2v) is 5.15. The van der Waals surface area contributed by atoms with Gasteiger partial charge in [0.2, 0.25) is 11.2 Å². The van der Waals surface area contributed by atoms with Crippen LogP contribution in [-0.4, -0.2) is 28.8 Å².